The average Bonchev–Trinajstić information content (AvgIpc) is 3.23. The topological polar surface area (TPSA) is 78.5 Å². The number of benzene rings is 3. The van der Waals surface area contributed by atoms with Crippen LogP contribution in [0.15, 0.2) is 72.4 Å². The van der Waals surface area contributed by atoms with E-state index >= 15 is 0 Å². The van der Waals surface area contributed by atoms with E-state index in [1.165, 1.54) is 0 Å². The highest BCUT2D eigenvalue weighted by Crippen LogP contribution is 2.44. The van der Waals surface area contributed by atoms with Gasteiger partial charge in [-0.2, -0.15) is 0 Å². The van der Waals surface area contributed by atoms with E-state index in [2.05, 4.69) is 5.32 Å². The van der Waals surface area contributed by atoms with Crippen molar-refractivity contribution < 1.29 is 28.5 Å². The van der Waals surface area contributed by atoms with E-state index in [4.69, 9.17) is 23.7 Å². The number of nitrogens with zero attached hydrogens (tertiary/aromatic N) is 1. The molecule has 8 heteroatoms. The molecule has 35 heavy (non-hydrogen) atoms. The molecule has 0 fully saturated rings. The molecule has 0 saturated heterocycles. The van der Waals surface area contributed by atoms with Crippen LogP contribution in [0, 0.1) is 0 Å². The van der Waals surface area contributed by atoms with Crippen LogP contribution in [-0.4, -0.2) is 41.5 Å². The summed E-state index contributed by atoms with van der Waals surface area (Å²) < 4.78 is 27.1. The molecule has 3 aromatic rings. The van der Waals surface area contributed by atoms with Gasteiger partial charge < -0.3 is 29.0 Å². The molecule has 182 valence electrons. The number of hydrogen-bond donors (Lipinski definition) is 1. The van der Waals surface area contributed by atoms with Crippen molar-refractivity contribution in [3.8, 4) is 28.7 Å². The van der Waals surface area contributed by atoms with Gasteiger partial charge in [-0.1, -0.05) is 0 Å². The SMILES string of the molecule is COc1ccc(NC2=CC(c3cc(OC)c(OC)c(OC)c3)N(c3ccc(OC)cc3)C2=O)cc1. The lowest BCUT2D eigenvalue weighted by Crippen LogP contribution is -2.30. The van der Waals surface area contributed by atoms with Gasteiger partial charge in [0.2, 0.25) is 5.75 Å². The van der Waals surface area contributed by atoms with Crippen molar-refractivity contribution in [2.24, 2.45) is 0 Å². The van der Waals surface area contributed by atoms with Crippen molar-refractivity contribution in [3.05, 3.63) is 78.0 Å². The van der Waals surface area contributed by atoms with Gasteiger partial charge >= 0.3 is 0 Å². The highest BCUT2D eigenvalue weighted by atomic mass is 16.5. The molecule has 1 unspecified atom stereocenters. The Hall–Kier alpha value is -4.33. The lowest BCUT2D eigenvalue weighted by atomic mass is 10.0. The van der Waals surface area contributed by atoms with Crippen LogP contribution in [-0.2, 0) is 4.79 Å². The van der Waals surface area contributed by atoms with Crippen LogP contribution >= 0.6 is 0 Å². The largest absolute Gasteiger partial charge is 0.497 e. The summed E-state index contributed by atoms with van der Waals surface area (Å²) in [4.78, 5) is 15.4. The maximum absolute atomic E-state index is 13.7. The van der Waals surface area contributed by atoms with Crippen LogP contribution in [0.25, 0.3) is 0 Å². The van der Waals surface area contributed by atoms with Gasteiger partial charge in [0, 0.05) is 11.4 Å². The molecule has 1 aliphatic rings. The van der Waals surface area contributed by atoms with E-state index < -0.39 is 6.04 Å². The maximum Gasteiger partial charge on any atom is 0.275 e. The molecule has 0 saturated carbocycles. The van der Waals surface area contributed by atoms with Gasteiger partial charge in [-0.25, -0.2) is 0 Å². The summed E-state index contributed by atoms with van der Waals surface area (Å²) >= 11 is 0. The standard InChI is InChI=1S/C27H28N2O6/c1-31-20-10-6-18(7-11-20)28-22-16-23(17-14-24(33-3)26(35-5)25(15-17)34-4)29(27(22)30)19-8-12-21(32-2)13-9-19/h6-16,23,28H,1-5H3. The molecule has 0 aromatic heterocycles. The van der Waals surface area contributed by atoms with E-state index in [0.29, 0.717) is 28.7 Å². The summed E-state index contributed by atoms with van der Waals surface area (Å²) in [6, 6.07) is 18.0. The Morgan fingerprint density at radius 3 is 1.74 bits per heavy atom. The third-order valence-corrected chi connectivity index (χ3v) is 5.80. The van der Waals surface area contributed by atoms with Gasteiger partial charge in [-0.15, -0.1) is 0 Å². The molecule has 1 aliphatic heterocycles. The number of nitrogens with one attached hydrogen (secondary N) is 1. The first-order valence-corrected chi connectivity index (χ1v) is 10.9. The molecular formula is C27H28N2O6. The number of carbonyl (C=O) groups excluding carboxylic acids is 1. The Bertz CT molecular complexity index is 1200. The third kappa shape index (κ3) is 4.68. The number of rotatable bonds is 9. The zero-order chi connectivity index (χ0) is 24.9. The molecule has 0 bridgehead atoms. The van der Waals surface area contributed by atoms with Crippen LogP contribution in [0.1, 0.15) is 11.6 Å². The molecule has 1 amide bonds. The first-order valence-electron chi connectivity index (χ1n) is 10.9. The third-order valence-electron chi connectivity index (χ3n) is 5.80. The Kier molecular flexibility index (Phi) is 7.01. The van der Waals surface area contributed by atoms with E-state index in [0.717, 1.165) is 22.7 Å². The summed E-state index contributed by atoms with van der Waals surface area (Å²) in [6.07, 6.45) is 1.89. The van der Waals surface area contributed by atoms with Gasteiger partial charge in [0.15, 0.2) is 11.5 Å². The smallest absolute Gasteiger partial charge is 0.275 e. The number of hydrogen-bond acceptors (Lipinski definition) is 7. The molecule has 8 nitrogen and oxygen atoms in total. The zero-order valence-electron chi connectivity index (χ0n) is 20.3. The van der Waals surface area contributed by atoms with Crippen molar-refractivity contribution >= 4 is 17.3 Å². The number of amides is 1. The molecule has 1 heterocycles. The second-order valence-electron chi connectivity index (χ2n) is 7.71. The first-order chi connectivity index (χ1) is 17.0. The minimum Gasteiger partial charge on any atom is -0.497 e. The molecular weight excluding hydrogens is 448 g/mol. The number of carbonyl (C=O) groups is 1. The molecule has 0 spiro atoms. The van der Waals surface area contributed by atoms with Gasteiger partial charge in [-0.05, 0) is 72.3 Å². The number of anilines is 2. The van der Waals surface area contributed by atoms with Crippen LogP contribution in [0.5, 0.6) is 28.7 Å². The predicted octanol–water partition coefficient (Wildman–Crippen LogP) is 4.81. The Balaban J connectivity index is 1.78. The van der Waals surface area contributed by atoms with Crippen LogP contribution < -0.4 is 33.9 Å². The molecule has 0 radical (unpaired) electrons. The van der Waals surface area contributed by atoms with E-state index in [1.54, 1.807) is 40.4 Å². The normalized spacial score (nSPS) is 14.9. The quantitative estimate of drug-likeness (QED) is 0.475. The van der Waals surface area contributed by atoms with Crippen molar-refractivity contribution in [1.82, 2.24) is 0 Å². The van der Waals surface area contributed by atoms with E-state index in [9.17, 15) is 4.79 Å². The molecule has 4 rings (SSSR count). The second-order valence-corrected chi connectivity index (χ2v) is 7.71. The molecule has 1 N–H and O–H groups in total. The van der Waals surface area contributed by atoms with Crippen LogP contribution in [0.2, 0.25) is 0 Å². The fraction of sp³-hybridized carbons (Fsp3) is 0.222. The fourth-order valence-electron chi connectivity index (χ4n) is 4.02. The van der Waals surface area contributed by atoms with Gasteiger partial charge in [-0.3, -0.25) is 9.69 Å². The maximum atomic E-state index is 13.7. The van der Waals surface area contributed by atoms with Gasteiger partial charge in [0.25, 0.3) is 5.91 Å². The van der Waals surface area contributed by atoms with Crippen LogP contribution in [0.3, 0.4) is 0 Å². The summed E-state index contributed by atoms with van der Waals surface area (Å²) in [5.74, 6) is 2.76. The summed E-state index contributed by atoms with van der Waals surface area (Å²) in [7, 11) is 7.90. The molecule has 0 aliphatic carbocycles. The van der Waals surface area contributed by atoms with Crippen molar-refractivity contribution in [2.45, 2.75) is 6.04 Å². The number of methoxy groups -OCH3 is 5. The highest BCUT2D eigenvalue weighted by molar-refractivity contribution is 6.11. The van der Waals surface area contributed by atoms with E-state index in [-0.39, 0.29) is 5.91 Å². The average molecular weight is 477 g/mol. The van der Waals surface area contributed by atoms with Crippen molar-refractivity contribution in [1.29, 1.82) is 0 Å². The van der Waals surface area contributed by atoms with Gasteiger partial charge in [0.05, 0.1) is 41.6 Å². The zero-order valence-corrected chi connectivity index (χ0v) is 20.3. The lowest BCUT2D eigenvalue weighted by Gasteiger charge is -2.26. The second kappa shape index (κ2) is 10.3. The predicted molar refractivity (Wildman–Crippen MR) is 134 cm³/mol. The summed E-state index contributed by atoms with van der Waals surface area (Å²) in [5, 5.41) is 3.25. The minimum atomic E-state index is -0.426. The Labute approximate surface area is 204 Å². The lowest BCUT2D eigenvalue weighted by molar-refractivity contribution is -0.114. The number of ether oxygens (including phenoxy) is 5. The molecule has 3 aromatic carbocycles. The Morgan fingerprint density at radius 2 is 1.26 bits per heavy atom. The monoisotopic (exact) mass is 476 g/mol. The highest BCUT2D eigenvalue weighted by Gasteiger charge is 2.36. The van der Waals surface area contributed by atoms with Crippen molar-refractivity contribution in [2.75, 3.05) is 45.8 Å². The van der Waals surface area contributed by atoms with Crippen LogP contribution in [0.4, 0.5) is 11.4 Å². The van der Waals surface area contributed by atoms with Gasteiger partial charge in [0.1, 0.15) is 17.2 Å². The summed E-state index contributed by atoms with van der Waals surface area (Å²) in [6.45, 7) is 0. The summed E-state index contributed by atoms with van der Waals surface area (Å²) in [5.41, 5.74) is 2.74. The Morgan fingerprint density at radius 1 is 0.714 bits per heavy atom. The van der Waals surface area contributed by atoms with E-state index in [1.807, 2.05) is 66.7 Å². The first kappa shape index (κ1) is 23.8. The fourth-order valence-corrected chi connectivity index (χ4v) is 4.02. The van der Waals surface area contributed by atoms with Crippen molar-refractivity contribution in [3.63, 3.8) is 0 Å². The molecule has 1 atom stereocenters. The minimum absolute atomic E-state index is 0.176.